The molecule has 1 aromatic heterocycles. The number of nitrogens with zero attached hydrogens (tertiary/aromatic N) is 1. The van der Waals surface area contributed by atoms with Crippen molar-refractivity contribution in [2.24, 2.45) is 11.7 Å². The number of nitrogens with one attached hydrogen (secondary N) is 3. The second-order valence-corrected chi connectivity index (χ2v) is 10.6. The van der Waals surface area contributed by atoms with Gasteiger partial charge in [0.2, 0.25) is 11.8 Å². The fourth-order valence-electron chi connectivity index (χ4n) is 4.35. The number of likely N-dealkylation sites (tertiary alicyclic amines) is 1. The van der Waals surface area contributed by atoms with E-state index in [1.54, 1.807) is 11.4 Å². The van der Waals surface area contributed by atoms with Crippen molar-refractivity contribution in [1.82, 2.24) is 15.5 Å². The number of nitrogens with two attached hydrogens (primary N) is 1. The Bertz CT molecular complexity index is 1440. The number of hydrogen-bond acceptors (Lipinski definition) is 6. The number of alkyl halides is 4. The van der Waals surface area contributed by atoms with Crippen LogP contribution in [0.15, 0.2) is 60.0 Å². The molecular formula is C28H27F4N5O4S. The zero-order valence-corrected chi connectivity index (χ0v) is 22.9. The number of hydrogen-bond donors (Lipinski definition) is 4. The molecule has 0 saturated carbocycles. The summed E-state index contributed by atoms with van der Waals surface area (Å²) < 4.78 is 57.1. The smallest absolute Gasteiger partial charge is 0.416 e. The predicted molar refractivity (Wildman–Crippen MR) is 147 cm³/mol. The average molecular weight is 606 g/mol. The maximum atomic E-state index is 13.4. The number of ether oxygens (including phenoxy) is 1. The summed E-state index contributed by atoms with van der Waals surface area (Å²) in [4.78, 5) is 40.5. The molecule has 0 spiro atoms. The third kappa shape index (κ3) is 7.63. The number of carbonyl (C=O) groups is 3. The molecule has 4 rings (SSSR count). The normalized spacial score (nSPS) is 16.6. The predicted octanol–water partition coefficient (Wildman–Crippen LogP) is 4.08. The van der Waals surface area contributed by atoms with E-state index in [1.807, 2.05) is 0 Å². The second-order valence-electron chi connectivity index (χ2n) is 9.58. The van der Waals surface area contributed by atoms with Gasteiger partial charge in [0, 0.05) is 33.8 Å². The van der Waals surface area contributed by atoms with Gasteiger partial charge < -0.3 is 26.0 Å². The molecule has 2 heterocycles. The van der Waals surface area contributed by atoms with Crippen LogP contribution >= 0.6 is 11.3 Å². The van der Waals surface area contributed by atoms with Crippen LogP contribution in [0.4, 0.5) is 17.6 Å². The Morgan fingerprint density at radius 1 is 1.02 bits per heavy atom. The van der Waals surface area contributed by atoms with Gasteiger partial charge in [-0.2, -0.15) is 13.2 Å². The number of carbonyl (C=O) groups excluding carboxylic acids is 3. The van der Waals surface area contributed by atoms with E-state index in [4.69, 9.17) is 15.9 Å². The van der Waals surface area contributed by atoms with E-state index in [1.165, 1.54) is 52.6 Å². The topological polar surface area (TPSA) is 138 Å². The highest BCUT2D eigenvalue weighted by atomic mass is 32.1. The van der Waals surface area contributed by atoms with Crippen molar-refractivity contribution in [3.05, 3.63) is 81.5 Å². The summed E-state index contributed by atoms with van der Waals surface area (Å²) in [5, 5.41) is 14.4. The highest BCUT2D eigenvalue weighted by Crippen LogP contribution is 2.31. The Hall–Kier alpha value is -4.46. The Morgan fingerprint density at radius 3 is 2.24 bits per heavy atom. The van der Waals surface area contributed by atoms with Crippen molar-refractivity contribution >= 4 is 34.9 Å². The number of nitrogen functional groups attached to an aromatic ring is 1. The van der Waals surface area contributed by atoms with E-state index in [9.17, 15) is 31.9 Å². The fourth-order valence-corrected chi connectivity index (χ4v) is 5.17. The fraction of sp³-hybridized carbons (Fsp3) is 0.286. The lowest BCUT2D eigenvalue weighted by Gasteiger charge is -2.24. The van der Waals surface area contributed by atoms with Crippen molar-refractivity contribution in [3.63, 3.8) is 0 Å². The van der Waals surface area contributed by atoms with Crippen LogP contribution in [-0.2, 0) is 22.3 Å². The quantitative estimate of drug-likeness (QED) is 0.157. The van der Waals surface area contributed by atoms with Crippen LogP contribution in [0.2, 0.25) is 0 Å². The van der Waals surface area contributed by atoms with E-state index >= 15 is 0 Å². The van der Waals surface area contributed by atoms with Crippen molar-refractivity contribution in [2.75, 3.05) is 19.8 Å². The Morgan fingerprint density at radius 2 is 1.67 bits per heavy atom. The van der Waals surface area contributed by atoms with Gasteiger partial charge in [-0.05, 0) is 61.0 Å². The summed E-state index contributed by atoms with van der Waals surface area (Å²) in [6.45, 7) is -0.927. The second kappa shape index (κ2) is 13.0. The Balaban J connectivity index is 1.30. The first-order valence-electron chi connectivity index (χ1n) is 12.7. The summed E-state index contributed by atoms with van der Waals surface area (Å²) >= 11 is 1.32. The summed E-state index contributed by atoms with van der Waals surface area (Å²) in [7, 11) is 0. The lowest BCUT2D eigenvalue weighted by molar-refractivity contribution is -0.137. The molecule has 42 heavy (non-hydrogen) atoms. The van der Waals surface area contributed by atoms with Gasteiger partial charge >= 0.3 is 6.18 Å². The Labute approximate surface area is 242 Å². The van der Waals surface area contributed by atoms with Gasteiger partial charge in [-0.25, -0.2) is 0 Å². The molecule has 2 aromatic carbocycles. The van der Waals surface area contributed by atoms with Crippen molar-refractivity contribution in [3.8, 4) is 11.5 Å². The number of rotatable bonds is 10. The number of halogens is 4. The minimum Gasteiger partial charge on any atom is -0.457 e. The zero-order valence-electron chi connectivity index (χ0n) is 22.0. The molecule has 0 radical (unpaired) electrons. The first kappa shape index (κ1) is 30.5. The third-order valence-electron chi connectivity index (χ3n) is 6.56. The summed E-state index contributed by atoms with van der Waals surface area (Å²) in [6, 6.07) is 10.7. The summed E-state index contributed by atoms with van der Waals surface area (Å²) in [5.41, 5.74) is 5.39. The van der Waals surface area contributed by atoms with E-state index < -0.39 is 54.6 Å². The number of benzene rings is 2. The molecule has 2 atom stereocenters. The van der Waals surface area contributed by atoms with Gasteiger partial charge in [0.05, 0.1) is 25.3 Å². The molecular weight excluding hydrogens is 578 g/mol. The summed E-state index contributed by atoms with van der Waals surface area (Å²) in [5.74, 6) is -1.71. The molecule has 9 nitrogen and oxygen atoms in total. The maximum Gasteiger partial charge on any atom is 0.416 e. The van der Waals surface area contributed by atoms with Gasteiger partial charge in [-0.15, -0.1) is 11.3 Å². The van der Waals surface area contributed by atoms with Crippen LogP contribution < -0.4 is 21.1 Å². The van der Waals surface area contributed by atoms with Gasteiger partial charge in [0.15, 0.2) is 0 Å². The molecule has 3 aromatic rings. The van der Waals surface area contributed by atoms with Gasteiger partial charge in [-0.3, -0.25) is 24.2 Å². The minimum atomic E-state index is -4.46. The van der Waals surface area contributed by atoms with Gasteiger partial charge in [-0.1, -0.05) is 0 Å². The molecule has 5 N–H and O–H groups in total. The maximum absolute atomic E-state index is 13.4. The zero-order chi connectivity index (χ0) is 30.4. The first-order valence-corrected chi connectivity index (χ1v) is 13.6. The van der Waals surface area contributed by atoms with Crippen LogP contribution in [0.1, 0.15) is 32.8 Å². The van der Waals surface area contributed by atoms with Crippen LogP contribution in [-0.4, -0.2) is 54.3 Å². The van der Waals surface area contributed by atoms with E-state index in [2.05, 4.69) is 10.6 Å². The van der Waals surface area contributed by atoms with Gasteiger partial charge in [0.1, 0.15) is 23.4 Å². The third-order valence-corrected chi connectivity index (χ3v) is 7.50. The average Bonchev–Trinajstić information content (AvgIpc) is 3.63. The molecule has 0 bridgehead atoms. The molecule has 2 unspecified atom stereocenters. The first-order chi connectivity index (χ1) is 19.9. The van der Waals surface area contributed by atoms with Crippen LogP contribution in [0.5, 0.6) is 11.5 Å². The SMILES string of the molecule is N=C(N)c1csc(CNC(=O)C2CC(CF)CN2C(=O)CNC(=O)c2ccc(Oc3ccc(C(F)(F)F)cc3)cc2)c1. The standard InChI is InChI=1S/C28H27F4N5O4S/c29-11-16-9-23(27(40)35-12-22-10-18(15-42-22)25(33)34)37(14-16)24(38)13-36-26(39)17-1-5-20(6-2-17)41-21-7-3-19(4-8-21)28(30,31)32/h1-8,10,15-16,23H,9,11-14H2,(H3,33,34)(H,35,40)(H,36,39). The van der Waals surface area contributed by atoms with Crippen LogP contribution in [0.3, 0.4) is 0 Å². The van der Waals surface area contributed by atoms with E-state index in [-0.39, 0.29) is 42.4 Å². The molecule has 14 heteroatoms. The minimum absolute atomic E-state index is 0.0345. The van der Waals surface area contributed by atoms with Crippen molar-refractivity contribution < 1.29 is 36.7 Å². The molecule has 222 valence electrons. The molecule has 1 saturated heterocycles. The van der Waals surface area contributed by atoms with Gasteiger partial charge in [0.25, 0.3) is 5.91 Å². The number of amidine groups is 1. The van der Waals surface area contributed by atoms with Crippen LogP contribution in [0.25, 0.3) is 0 Å². The lowest BCUT2D eigenvalue weighted by Crippen LogP contribution is -2.48. The highest BCUT2D eigenvalue weighted by molar-refractivity contribution is 7.10. The molecule has 0 aliphatic carbocycles. The molecule has 1 aliphatic heterocycles. The lowest BCUT2D eigenvalue weighted by atomic mass is 10.1. The van der Waals surface area contributed by atoms with E-state index in [0.29, 0.717) is 5.56 Å². The summed E-state index contributed by atoms with van der Waals surface area (Å²) in [6.07, 6.45) is -4.32. The highest BCUT2D eigenvalue weighted by Gasteiger charge is 2.39. The van der Waals surface area contributed by atoms with Crippen molar-refractivity contribution in [1.29, 1.82) is 5.41 Å². The molecule has 1 aliphatic rings. The molecule has 3 amide bonds. The number of thiophene rings is 1. The largest absolute Gasteiger partial charge is 0.457 e. The van der Waals surface area contributed by atoms with E-state index in [0.717, 1.165) is 17.0 Å². The monoisotopic (exact) mass is 605 g/mol. The van der Waals surface area contributed by atoms with Crippen molar-refractivity contribution in [2.45, 2.75) is 25.2 Å². The molecule has 1 fully saturated rings. The number of amides is 3. The van der Waals surface area contributed by atoms with Crippen LogP contribution in [0, 0.1) is 11.3 Å². The Kier molecular flexibility index (Phi) is 9.45.